The molecule has 9 nitrogen and oxygen atoms in total. The Balaban J connectivity index is 1.82. The van der Waals surface area contributed by atoms with Gasteiger partial charge in [-0.05, 0) is 63.0 Å². The van der Waals surface area contributed by atoms with Crippen molar-refractivity contribution in [2.75, 3.05) is 6.54 Å². The van der Waals surface area contributed by atoms with E-state index >= 15 is 0 Å². The molecule has 4 bridgehead atoms. The summed E-state index contributed by atoms with van der Waals surface area (Å²) in [6, 6.07) is 6.55. The highest BCUT2D eigenvalue weighted by atomic mass is 16.3. The van der Waals surface area contributed by atoms with Gasteiger partial charge in [0.1, 0.15) is 17.9 Å². The number of hydrazine groups is 1. The van der Waals surface area contributed by atoms with Crippen molar-refractivity contribution in [2.45, 2.75) is 104 Å². The van der Waals surface area contributed by atoms with Crippen LogP contribution in [0.15, 0.2) is 24.3 Å². The molecule has 1 fully saturated rings. The molecule has 9 heteroatoms. The van der Waals surface area contributed by atoms with Gasteiger partial charge in [-0.1, -0.05) is 51.5 Å². The van der Waals surface area contributed by atoms with Crippen molar-refractivity contribution in [3.8, 4) is 0 Å². The van der Waals surface area contributed by atoms with Crippen LogP contribution in [0, 0.1) is 17.8 Å². The molecule has 1 aromatic carbocycles. The molecule has 2 aliphatic rings. The summed E-state index contributed by atoms with van der Waals surface area (Å²) in [6.45, 7) is 9.47. The lowest BCUT2D eigenvalue weighted by atomic mass is 9.84. The predicted molar refractivity (Wildman–Crippen MR) is 149 cm³/mol. The number of hydrogen-bond donors (Lipinski definition) is 4. The summed E-state index contributed by atoms with van der Waals surface area (Å²) in [4.78, 5) is 52.5. The molecule has 216 valence electrons. The van der Waals surface area contributed by atoms with E-state index in [4.69, 9.17) is 0 Å². The summed E-state index contributed by atoms with van der Waals surface area (Å²) in [5, 5.41) is 18.0. The number of fused-ring (bicyclic) bond motifs is 4. The maximum atomic E-state index is 13.2. The van der Waals surface area contributed by atoms with Gasteiger partial charge in [0.05, 0.1) is 12.1 Å². The zero-order valence-corrected chi connectivity index (χ0v) is 24.0. The van der Waals surface area contributed by atoms with E-state index in [1.54, 1.807) is 13.8 Å². The Hall–Kier alpha value is -2.78. The van der Waals surface area contributed by atoms with Gasteiger partial charge in [0.25, 0.3) is 5.91 Å². The van der Waals surface area contributed by atoms with Crippen LogP contribution in [0.25, 0.3) is 0 Å². The van der Waals surface area contributed by atoms with Gasteiger partial charge in [-0.15, -0.1) is 0 Å². The maximum Gasteiger partial charge on any atom is 0.258 e. The van der Waals surface area contributed by atoms with E-state index in [9.17, 15) is 24.3 Å². The zero-order valence-electron chi connectivity index (χ0n) is 24.0. The number of rotatable bonds is 1. The first-order valence-electron chi connectivity index (χ1n) is 14.5. The van der Waals surface area contributed by atoms with Crippen LogP contribution in [0.4, 0.5) is 0 Å². The van der Waals surface area contributed by atoms with Gasteiger partial charge in [0.2, 0.25) is 11.8 Å². The first kappa shape index (κ1) is 30.8. The number of Topliss-reactive ketones (excluding diaryl/α,β-unsaturated/α-hetero) is 1. The Morgan fingerprint density at radius 3 is 2.36 bits per heavy atom. The van der Waals surface area contributed by atoms with Gasteiger partial charge in [0, 0.05) is 24.8 Å². The summed E-state index contributed by atoms with van der Waals surface area (Å²) in [5.74, 6) is -2.31. The largest absolute Gasteiger partial charge is 0.392 e. The van der Waals surface area contributed by atoms with Crippen molar-refractivity contribution in [3.05, 3.63) is 35.4 Å². The molecule has 0 spiro atoms. The van der Waals surface area contributed by atoms with E-state index in [1.165, 1.54) is 5.01 Å². The monoisotopic (exact) mass is 542 g/mol. The number of aliphatic hydroxyl groups is 1. The first-order valence-corrected chi connectivity index (χ1v) is 14.5. The van der Waals surface area contributed by atoms with Gasteiger partial charge < -0.3 is 15.7 Å². The van der Waals surface area contributed by atoms with Crippen LogP contribution >= 0.6 is 0 Å². The number of aryl methyl sites for hydroxylation is 1. The number of nitrogens with zero attached hydrogens (tertiary/aromatic N) is 1. The topological polar surface area (TPSA) is 128 Å². The molecule has 4 N–H and O–H groups in total. The van der Waals surface area contributed by atoms with Crippen LogP contribution in [-0.2, 0) is 25.6 Å². The number of carbonyl (C=O) groups is 4. The van der Waals surface area contributed by atoms with Crippen LogP contribution < -0.4 is 16.1 Å². The number of hydrogen-bond acceptors (Lipinski definition) is 6. The normalized spacial score (nSPS) is 30.7. The van der Waals surface area contributed by atoms with Gasteiger partial charge in [-0.25, -0.2) is 5.43 Å². The van der Waals surface area contributed by atoms with E-state index in [0.717, 1.165) is 30.4 Å². The lowest BCUT2D eigenvalue weighted by molar-refractivity contribution is -0.144. The summed E-state index contributed by atoms with van der Waals surface area (Å²) in [5.41, 5.74) is 5.21. The second kappa shape index (κ2) is 14.0. The molecule has 3 rings (SSSR count). The van der Waals surface area contributed by atoms with Crippen LogP contribution in [0.1, 0.15) is 90.3 Å². The van der Waals surface area contributed by atoms with Crippen LogP contribution in [0.2, 0.25) is 0 Å². The average Bonchev–Trinajstić information content (AvgIpc) is 2.92. The highest BCUT2D eigenvalue weighted by molar-refractivity contribution is 5.92. The van der Waals surface area contributed by atoms with Crippen molar-refractivity contribution in [2.24, 2.45) is 17.8 Å². The Morgan fingerprint density at radius 2 is 1.64 bits per heavy atom. The minimum Gasteiger partial charge on any atom is -0.392 e. The molecular formula is C30H46N4O5. The molecule has 6 atom stereocenters. The van der Waals surface area contributed by atoms with Crippen molar-refractivity contribution in [1.29, 1.82) is 0 Å². The quantitative estimate of drug-likeness (QED) is 0.432. The second-order valence-corrected chi connectivity index (χ2v) is 11.6. The predicted octanol–water partition coefficient (Wildman–Crippen LogP) is 2.82. The molecular weight excluding hydrogens is 496 g/mol. The fraction of sp³-hybridized carbons (Fsp3) is 0.667. The van der Waals surface area contributed by atoms with E-state index in [0.29, 0.717) is 25.8 Å². The van der Waals surface area contributed by atoms with E-state index in [-0.39, 0.29) is 41.9 Å². The zero-order chi connectivity index (χ0) is 28.7. The van der Waals surface area contributed by atoms with E-state index in [1.807, 2.05) is 32.9 Å². The molecule has 39 heavy (non-hydrogen) atoms. The number of nitrogens with one attached hydrogen (secondary N) is 3. The molecule has 0 aromatic heterocycles. The molecule has 0 aliphatic carbocycles. The van der Waals surface area contributed by atoms with Crippen LogP contribution in [0.5, 0.6) is 0 Å². The fourth-order valence-corrected chi connectivity index (χ4v) is 5.35. The third kappa shape index (κ3) is 8.35. The SMILES string of the molecule is CC(C)[C@@H]1CC(=O)[C@H](C)[C@H](O)CCCCc2cccc(c2)[C@@H](C)NC(=O)[C@@H]2CCCN(N2)C(=O)[C@H](C)NC1=O. The summed E-state index contributed by atoms with van der Waals surface area (Å²) in [6.07, 6.45) is 3.48. The summed E-state index contributed by atoms with van der Waals surface area (Å²) >= 11 is 0. The fourth-order valence-electron chi connectivity index (χ4n) is 5.35. The molecule has 0 saturated carbocycles. The number of aliphatic hydroxyl groups excluding tert-OH is 1. The minimum absolute atomic E-state index is 0.0117. The highest BCUT2D eigenvalue weighted by Gasteiger charge is 2.34. The Morgan fingerprint density at radius 1 is 0.923 bits per heavy atom. The lowest BCUT2D eigenvalue weighted by Gasteiger charge is -2.35. The van der Waals surface area contributed by atoms with Crippen LogP contribution in [-0.4, -0.2) is 58.4 Å². The first-order chi connectivity index (χ1) is 18.5. The molecule has 1 saturated heterocycles. The van der Waals surface area contributed by atoms with Crippen molar-refractivity contribution in [1.82, 2.24) is 21.1 Å². The lowest BCUT2D eigenvalue weighted by Crippen LogP contribution is -2.61. The third-order valence-corrected chi connectivity index (χ3v) is 8.17. The molecule has 0 unspecified atom stereocenters. The summed E-state index contributed by atoms with van der Waals surface area (Å²) in [7, 11) is 0. The van der Waals surface area contributed by atoms with Gasteiger partial charge in [-0.2, -0.15) is 0 Å². The summed E-state index contributed by atoms with van der Waals surface area (Å²) < 4.78 is 0. The number of benzene rings is 1. The van der Waals surface area contributed by atoms with Gasteiger partial charge >= 0.3 is 0 Å². The number of ketones is 1. The van der Waals surface area contributed by atoms with Gasteiger partial charge in [-0.3, -0.25) is 24.2 Å². The van der Waals surface area contributed by atoms with E-state index < -0.39 is 30.0 Å². The third-order valence-electron chi connectivity index (χ3n) is 8.17. The number of amides is 3. The molecule has 1 aromatic rings. The van der Waals surface area contributed by atoms with E-state index in [2.05, 4.69) is 28.2 Å². The molecule has 2 heterocycles. The number of carbonyl (C=O) groups excluding carboxylic acids is 4. The maximum absolute atomic E-state index is 13.2. The second-order valence-electron chi connectivity index (χ2n) is 11.6. The Kier molecular flexibility index (Phi) is 11.1. The highest BCUT2D eigenvalue weighted by Crippen LogP contribution is 2.23. The van der Waals surface area contributed by atoms with Gasteiger partial charge in [0.15, 0.2) is 0 Å². The average molecular weight is 543 g/mol. The Labute approximate surface area is 232 Å². The molecule has 0 radical (unpaired) electrons. The van der Waals surface area contributed by atoms with Crippen molar-refractivity contribution in [3.63, 3.8) is 0 Å². The smallest absolute Gasteiger partial charge is 0.258 e. The minimum atomic E-state index is -0.828. The Bertz CT molecular complexity index is 1030. The standard InChI is InChI=1S/C30H46N4O5/c1-18(2)24-17-27(36)19(3)26(35)14-7-6-10-22-11-8-12-23(16-22)20(4)31-29(38)25-13-9-15-34(33-25)30(39)21(5)32-28(24)37/h8,11-12,16,18-21,24-26,33,35H,6-7,9-10,13-15,17H2,1-5H3,(H,31,38)(H,32,37)/t19-,20-,21+,24+,25+,26-/m1/s1. The van der Waals surface area contributed by atoms with Crippen LogP contribution in [0.3, 0.4) is 0 Å². The van der Waals surface area contributed by atoms with Crippen molar-refractivity contribution >= 4 is 23.5 Å². The molecule has 3 amide bonds. The van der Waals surface area contributed by atoms with Crippen molar-refractivity contribution < 1.29 is 24.3 Å². The molecule has 2 aliphatic heterocycles.